The molecule has 0 radical (unpaired) electrons. The molecule has 1 fully saturated rings. The van der Waals surface area contributed by atoms with Gasteiger partial charge in [0.2, 0.25) is 6.29 Å². The highest BCUT2D eigenvalue weighted by molar-refractivity contribution is 6.00. The zero-order valence-corrected chi connectivity index (χ0v) is 39.5. The van der Waals surface area contributed by atoms with Crippen LogP contribution in [0.15, 0.2) is 122 Å². The van der Waals surface area contributed by atoms with E-state index in [1.165, 1.54) is 0 Å². The Bertz CT molecular complexity index is 3110. The van der Waals surface area contributed by atoms with Crippen LogP contribution in [0.1, 0.15) is 82.4 Å². The number of para-hydroxylation sites is 1. The lowest BCUT2D eigenvalue weighted by atomic mass is 9.99. The highest BCUT2D eigenvalue weighted by atomic mass is 16.7. The number of fused-ring (bicyclic) bond motifs is 8. The zero-order chi connectivity index (χ0) is 48.1. The molecule has 8 bridgehead atoms. The molecule has 3 aliphatic rings. The van der Waals surface area contributed by atoms with E-state index in [0.29, 0.717) is 34.3 Å². The van der Waals surface area contributed by atoms with E-state index in [-0.39, 0.29) is 12.1 Å². The van der Waals surface area contributed by atoms with Crippen LogP contribution in [0.5, 0.6) is 5.75 Å². The molecule has 69 heavy (non-hydrogen) atoms. The third kappa shape index (κ3) is 8.68. The van der Waals surface area contributed by atoms with Crippen LogP contribution in [0.3, 0.4) is 0 Å². The number of benzene rings is 1. The lowest BCUT2D eigenvalue weighted by molar-refractivity contribution is -0.716. The first-order chi connectivity index (χ1) is 33.4. The van der Waals surface area contributed by atoms with Crippen molar-refractivity contribution < 1.29 is 43.6 Å². The Morgan fingerprint density at radius 2 is 0.899 bits per heavy atom. The summed E-state index contributed by atoms with van der Waals surface area (Å²) in [4.78, 5) is 18.6. The van der Waals surface area contributed by atoms with Crippen LogP contribution >= 0.6 is 0 Å². The highest BCUT2D eigenvalue weighted by Crippen LogP contribution is 2.41. The molecular formula is C56H58N7O6+3. The number of aromatic nitrogens is 7. The molecule has 1 saturated heterocycles. The quantitative estimate of drug-likeness (QED) is 0.0749. The first-order valence-electron chi connectivity index (χ1n) is 23.6. The number of pyridine rings is 3. The second-order valence-corrected chi connectivity index (χ2v) is 18.7. The standard InChI is InChI=1S/C56H57N7O6/c1-32(2)61-25-19-35(20-26-61)49-39-11-13-41(57-39)50(36-21-27-62(28-22-36)33(3)4)43-15-17-45(59-43)52(38-9-7-8-10-47(38)68-56-55(67)54(66)53(65)48(31-64)69-56)46-18-16-44(60-46)51(42-14-12-40(49)58-42)37-23-29-63(30-24-37)34(5)6/h7-30,32-34,48,53-56,64-67H,31H2,1-6H3,(H,57,58,59,60)/q+2/p+1/t48-,53-,54+,55-,56-/m1/s1. The summed E-state index contributed by atoms with van der Waals surface area (Å²) >= 11 is 0. The van der Waals surface area contributed by atoms with Gasteiger partial charge < -0.3 is 39.9 Å². The van der Waals surface area contributed by atoms with Crippen LogP contribution in [0.4, 0.5) is 0 Å². The molecule has 13 heteroatoms. The van der Waals surface area contributed by atoms with E-state index in [4.69, 9.17) is 19.4 Å². The summed E-state index contributed by atoms with van der Waals surface area (Å²) in [5.41, 5.74) is 13.3. The van der Waals surface area contributed by atoms with E-state index >= 15 is 0 Å². The Morgan fingerprint density at radius 1 is 0.507 bits per heavy atom. The van der Waals surface area contributed by atoms with E-state index in [1.807, 2.05) is 36.4 Å². The fourth-order valence-corrected chi connectivity index (χ4v) is 9.31. The van der Waals surface area contributed by atoms with Crippen molar-refractivity contribution in [1.82, 2.24) is 19.9 Å². The molecule has 10 rings (SSSR count). The second kappa shape index (κ2) is 18.8. The number of rotatable bonds is 10. The van der Waals surface area contributed by atoms with Gasteiger partial charge in [-0.3, -0.25) is 0 Å². The van der Waals surface area contributed by atoms with E-state index in [9.17, 15) is 20.4 Å². The molecule has 13 nitrogen and oxygen atoms in total. The molecule has 0 spiro atoms. The topological polar surface area (TPSA) is 168 Å². The fourth-order valence-electron chi connectivity index (χ4n) is 9.31. The molecule has 0 aliphatic carbocycles. The number of aliphatic hydroxyl groups is 4. The summed E-state index contributed by atoms with van der Waals surface area (Å²) in [5, 5.41) is 42.4. The maximum absolute atomic E-state index is 11.1. The number of hydrogen-bond acceptors (Lipinski definition) is 8. The Labute approximate surface area is 400 Å². The third-order valence-corrected chi connectivity index (χ3v) is 13.2. The molecule has 1 aromatic carbocycles. The van der Waals surface area contributed by atoms with Crippen LogP contribution < -0.4 is 18.4 Å². The van der Waals surface area contributed by atoms with Gasteiger partial charge in [-0.15, -0.1) is 0 Å². The average molecular weight is 925 g/mol. The number of ether oxygens (including phenoxy) is 2. The molecule has 5 atom stereocenters. The lowest BCUT2D eigenvalue weighted by Crippen LogP contribution is -2.60. The normalized spacial score (nSPS) is 19.0. The number of nitrogens with zero attached hydrogens (tertiary/aromatic N) is 5. The zero-order valence-electron chi connectivity index (χ0n) is 39.5. The summed E-state index contributed by atoms with van der Waals surface area (Å²) in [6.07, 6.45) is 13.3. The number of H-pyrrole nitrogens is 2. The lowest BCUT2D eigenvalue weighted by Gasteiger charge is -2.39. The molecule has 3 aliphatic heterocycles. The summed E-state index contributed by atoms with van der Waals surface area (Å²) in [6, 6.07) is 29.5. The summed E-state index contributed by atoms with van der Waals surface area (Å²) < 4.78 is 18.8. The smallest absolute Gasteiger partial charge is 0.229 e. The molecular weight excluding hydrogens is 867 g/mol. The predicted octanol–water partition coefficient (Wildman–Crippen LogP) is 8.11. The van der Waals surface area contributed by atoms with Gasteiger partial charge >= 0.3 is 0 Å². The largest absolute Gasteiger partial charge is 0.461 e. The fraction of sp³-hybridized carbons (Fsp3) is 0.268. The van der Waals surface area contributed by atoms with E-state index < -0.39 is 37.3 Å². The van der Waals surface area contributed by atoms with Crippen molar-refractivity contribution in [2.75, 3.05) is 6.61 Å². The molecule has 6 aromatic heterocycles. The summed E-state index contributed by atoms with van der Waals surface area (Å²) in [5.74, 6) is 0.308. The van der Waals surface area contributed by atoms with Crippen molar-refractivity contribution in [3.63, 3.8) is 0 Å². The maximum atomic E-state index is 11.1. The number of aromatic amines is 2. The van der Waals surface area contributed by atoms with Crippen LogP contribution in [-0.4, -0.2) is 77.7 Å². The van der Waals surface area contributed by atoms with Crippen molar-refractivity contribution in [3.05, 3.63) is 145 Å². The van der Waals surface area contributed by atoms with Gasteiger partial charge in [0.15, 0.2) is 55.3 Å². The van der Waals surface area contributed by atoms with Gasteiger partial charge in [0.05, 0.1) is 29.4 Å². The number of nitrogens with one attached hydrogen (secondary N) is 2. The van der Waals surface area contributed by atoms with Gasteiger partial charge in [0, 0.05) is 86.3 Å². The molecule has 0 amide bonds. The minimum atomic E-state index is -1.62. The third-order valence-electron chi connectivity index (χ3n) is 13.2. The SMILES string of the molecule is CC(C)[n+]1ccc(-c2c3nc(c(-c4ccccc4O[C@@H]4O[C@H](CO)[C@@H](O)[C@H](O)[C@H]4O)c4nc(c(-c5cc[n+](C(C)C)cc5)c5ccc([nH]5)c(-c5cc[n+](C(C)C)cc5)c5ccc2[nH]5)C=C4)C=C3)cc1. The van der Waals surface area contributed by atoms with Gasteiger partial charge in [-0.1, -0.05) is 18.2 Å². The van der Waals surface area contributed by atoms with Crippen molar-refractivity contribution in [2.45, 2.75) is 90.4 Å². The van der Waals surface area contributed by atoms with Crippen LogP contribution in [-0.2, 0) is 4.74 Å². The molecule has 0 saturated carbocycles. The van der Waals surface area contributed by atoms with Gasteiger partial charge in [-0.05, 0) is 113 Å². The van der Waals surface area contributed by atoms with Crippen molar-refractivity contribution >= 4 is 46.4 Å². The minimum absolute atomic E-state index is 0.269. The predicted molar refractivity (Wildman–Crippen MR) is 267 cm³/mol. The molecule has 6 N–H and O–H groups in total. The number of hydrogen-bond donors (Lipinski definition) is 6. The Morgan fingerprint density at radius 3 is 1.32 bits per heavy atom. The van der Waals surface area contributed by atoms with Crippen LogP contribution in [0, 0.1) is 0 Å². The Hall–Kier alpha value is -7.13. The van der Waals surface area contributed by atoms with Crippen LogP contribution in [0.2, 0.25) is 0 Å². The first kappa shape index (κ1) is 45.6. The maximum Gasteiger partial charge on any atom is 0.229 e. The molecule has 350 valence electrons. The highest BCUT2D eigenvalue weighted by Gasteiger charge is 2.45. The summed E-state index contributed by atoms with van der Waals surface area (Å²) in [6.45, 7) is 12.4. The van der Waals surface area contributed by atoms with Crippen molar-refractivity contribution in [3.8, 4) is 50.3 Å². The minimum Gasteiger partial charge on any atom is -0.461 e. The van der Waals surface area contributed by atoms with Crippen molar-refractivity contribution in [2.24, 2.45) is 0 Å². The van der Waals surface area contributed by atoms with Gasteiger partial charge in [-0.25, -0.2) is 23.7 Å². The summed E-state index contributed by atoms with van der Waals surface area (Å²) in [7, 11) is 0. The molecule has 7 aromatic rings. The van der Waals surface area contributed by atoms with Gasteiger partial charge in [-0.2, -0.15) is 0 Å². The molecule has 9 heterocycles. The van der Waals surface area contributed by atoms with Crippen molar-refractivity contribution in [1.29, 1.82) is 0 Å². The Balaban J connectivity index is 1.30. The van der Waals surface area contributed by atoms with Crippen LogP contribution in [0.25, 0.3) is 90.9 Å². The van der Waals surface area contributed by atoms with E-state index in [2.05, 4.69) is 163 Å². The van der Waals surface area contributed by atoms with E-state index in [1.54, 1.807) is 12.1 Å². The first-order valence-corrected chi connectivity index (χ1v) is 23.6. The van der Waals surface area contributed by atoms with Gasteiger partial charge in [0.25, 0.3) is 0 Å². The monoisotopic (exact) mass is 924 g/mol. The van der Waals surface area contributed by atoms with Gasteiger partial charge in [0.1, 0.15) is 30.2 Å². The number of aliphatic hydroxyl groups excluding tert-OH is 4. The van der Waals surface area contributed by atoms with E-state index in [0.717, 1.165) is 66.8 Å². The molecule has 0 unspecified atom stereocenters. The second-order valence-electron chi connectivity index (χ2n) is 18.7. The average Bonchev–Trinajstić information content (AvgIpc) is 4.21. The Kier molecular flexibility index (Phi) is 12.4.